The van der Waals surface area contributed by atoms with Gasteiger partial charge in [0.2, 0.25) is 34.6 Å². The number of carbonyl (C=O) groups excluding carboxylic acids is 12. The van der Waals surface area contributed by atoms with Gasteiger partial charge in [-0.25, -0.2) is 33.6 Å². The summed E-state index contributed by atoms with van der Waals surface area (Å²) in [6.07, 6.45) is 7.49. The summed E-state index contributed by atoms with van der Waals surface area (Å²) in [7, 11) is 0. The van der Waals surface area contributed by atoms with Crippen molar-refractivity contribution in [2.75, 3.05) is 39.6 Å². The zero-order valence-corrected chi connectivity index (χ0v) is 79.7. The lowest BCUT2D eigenvalue weighted by Crippen LogP contribution is -2.25. The minimum Gasteiger partial charge on any atom is -0.462 e. The predicted molar refractivity (Wildman–Crippen MR) is 520 cm³/mol. The van der Waals surface area contributed by atoms with Gasteiger partial charge in [-0.3, -0.25) is 28.8 Å². The smallest absolute Gasteiger partial charge is 0.462 e. The average Bonchev–Trinajstić information content (AvgIpc) is 1.47. The number of nitrogens with one attached hydrogen (secondary N) is 6. The van der Waals surface area contributed by atoms with E-state index in [0.717, 1.165) is 56.5 Å². The molecule has 18 rings (SSSR count). The van der Waals surface area contributed by atoms with E-state index in [1.54, 1.807) is 170 Å². The number of Topliss-reactive ketones (excluding diaryl/α,β-unsaturated/α-hetero) is 6. The number of ketones is 6. The topological polar surface area (TPSA) is 392 Å². The number of nitriles is 1. The second-order valence-corrected chi connectivity index (χ2v) is 33.2. The van der Waals surface area contributed by atoms with Gasteiger partial charge in [-0.05, 0) is 256 Å². The molecule has 0 amide bonds. The van der Waals surface area contributed by atoms with Gasteiger partial charge in [0.1, 0.15) is 39.2 Å². The van der Waals surface area contributed by atoms with E-state index in [1.165, 1.54) is 18.2 Å². The number of rotatable bonds is 19. The number of ether oxygens (including phenoxy) is 7. The van der Waals surface area contributed by atoms with Crippen molar-refractivity contribution in [1.82, 2.24) is 29.9 Å². The van der Waals surface area contributed by atoms with Crippen LogP contribution in [0.25, 0.3) is 38.3 Å². The first kappa shape index (κ1) is 102. The number of allylic oxidation sites excluding steroid dienone is 6. The molecule has 0 saturated carbocycles. The van der Waals surface area contributed by atoms with E-state index in [4.69, 9.17) is 69.8 Å². The molecule has 27 nitrogen and oxygen atoms in total. The molecule has 0 fully saturated rings. The fourth-order valence-corrected chi connectivity index (χ4v) is 17.5. The van der Waals surface area contributed by atoms with Crippen molar-refractivity contribution in [3.63, 3.8) is 0 Å². The monoisotopic (exact) mass is 1960 g/mol. The number of H-pyrrole nitrogens is 6. The molecular formula is C108H90Cl3F3N8O19. The molecule has 0 spiro atoms. The number of nitrogens with zero attached hydrogens (tertiary/aromatic N) is 2. The van der Waals surface area contributed by atoms with Crippen LogP contribution >= 0.6 is 34.8 Å². The first-order valence-corrected chi connectivity index (χ1v) is 45.6. The number of aryl methyl sites for hydroxylation is 3. The number of aromatic nitrogens is 6. The molecule has 141 heavy (non-hydrogen) atoms. The Balaban J connectivity index is 0.000000142. The number of benzene rings is 6. The van der Waals surface area contributed by atoms with Crippen molar-refractivity contribution in [2.24, 2.45) is 0 Å². The zero-order chi connectivity index (χ0) is 101. The van der Waals surface area contributed by atoms with E-state index in [0.29, 0.717) is 137 Å². The summed E-state index contributed by atoms with van der Waals surface area (Å²) >= 11 is 18.5. The number of carbonyl (C=O) groups is 12. The van der Waals surface area contributed by atoms with Gasteiger partial charge >= 0.3 is 42.2 Å². The molecule has 6 aromatic heterocycles. The van der Waals surface area contributed by atoms with Crippen molar-refractivity contribution in [1.29, 1.82) is 5.26 Å². The Bertz CT molecular complexity index is 7140. The Labute approximate surface area is 821 Å². The Morgan fingerprint density at radius 1 is 0.355 bits per heavy atom. The maximum atomic E-state index is 12.9. The van der Waals surface area contributed by atoms with Crippen molar-refractivity contribution < 1.29 is 104 Å². The van der Waals surface area contributed by atoms with Gasteiger partial charge < -0.3 is 63.1 Å². The third-order valence-corrected chi connectivity index (χ3v) is 24.3. The number of hydrogen-bond donors (Lipinski definition) is 6. The fourth-order valence-electron chi connectivity index (χ4n) is 16.9. The summed E-state index contributed by atoms with van der Waals surface area (Å²) < 4.78 is 72.5. The van der Waals surface area contributed by atoms with Crippen LogP contribution in [0.4, 0.5) is 18.9 Å². The second-order valence-electron chi connectivity index (χ2n) is 32.0. The maximum Gasteiger partial charge on any atom is 0.573 e. The van der Waals surface area contributed by atoms with Gasteiger partial charge in [-0.1, -0.05) is 82.8 Å². The van der Waals surface area contributed by atoms with Crippen LogP contribution in [-0.2, 0) is 95.7 Å². The third kappa shape index (κ3) is 22.5. The van der Waals surface area contributed by atoms with E-state index >= 15 is 0 Å². The molecule has 12 aromatic rings. The molecule has 6 N–H and O–H groups in total. The van der Waals surface area contributed by atoms with E-state index in [1.807, 2.05) is 69.3 Å². The number of fused-ring (bicyclic) bond motifs is 6. The largest absolute Gasteiger partial charge is 0.573 e. The zero-order valence-electron chi connectivity index (χ0n) is 77.5. The van der Waals surface area contributed by atoms with Crippen LogP contribution in [0.3, 0.4) is 0 Å². The number of aromatic amines is 6. The summed E-state index contributed by atoms with van der Waals surface area (Å²) in [5.74, 6) is -6.69. The lowest BCUT2D eigenvalue weighted by Gasteiger charge is -2.23. The van der Waals surface area contributed by atoms with Crippen LogP contribution in [0.1, 0.15) is 193 Å². The Morgan fingerprint density at radius 2 is 0.638 bits per heavy atom. The predicted octanol–water partition coefficient (Wildman–Crippen LogP) is 20.8. The van der Waals surface area contributed by atoms with Gasteiger partial charge in [0.05, 0.1) is 57.8 Å². The molecule has 718 valence electrons. The Hall–Kier alpha value is -16.3. The quantitative estimate of drug-likeness (QED) is 0.0189. The number of hydrogen-bond acceptors (Lipinski definition) is 20. The van der Waals surface area contributed by atoms with Crippen LogP contribution in [0.15, 0.2) is 234 Å². The van der Waals surface area contributed by atoms with Crippen molar-refractivity contribution in [3.8, 4) is 11.8 Å². The SMILES string of the molecule is CCOC(=O)C1=C(c2ccc[nH]2)Cc2c(C#N)cccc2C1=O.CCOC(=O)C1=C(c2ccc[nH]2)Cc2c(OC(F)(F)F)cccc2C1=O.CCOC(=O)C1=C(c2ccc[nH]2)Cc2cc(C)ccc2C1=O.CCOC(=O)C1=C(c2ccc[nH]2)Cc2cc(Cl)c(C)cc2C1=O.CCOC(=O)C1=C(c2ccc[nH]2)Cc2cc(Cl)c(C)cc2C1=O.[C-]#[N+]c1cc2c(cc1Cl)CC(c1ccc[nH]1)=C(C(=O)OCC)C2=O. The van der Waals surface area contributed by atoms with Gasteiger partial charge in [-0.15, -0.1) is 13.2 Å². The standard InChI is InChI=1S/C18H13ClN2O3.2C18H16ClNO3.C18H14F3NO4.C18H14N2O3.C18H17NO3/c1-3-24-18(23)16-12(14-5-4-6-21-14)7-10-8-13(19)15(20-2)9-11(10)17(16)22;2*1-3-23-18(22)16-13(15-5-4-6-20-15)8-11-9-14(19)10(2)7-12(11)17(16)21;1-2-25-17(24)15-12(13-6-4-8-22-13)9-11-10(16(15)23)5-3-7-14(11)26-18(19,20)21;1-2-23-18(22)16-14(15-7-4-8-20-15)9-13-11(10-19)5-3-6-12(13)17(16)21;1-3-22-18(21)16-14(15-5-4-8-19-15)10-12-9-11(2)6-7-13(12)17(16)20/h4-6,8-9,21H,3,7H2,1H3;2*4-7,9,20H,3,8H2,1-2H3;3-8,22H,2,9H2,1H3;3-8,20H,2,9H2,1H3;4-9,19H,3,10H2,1-2H3. The lowest BCUT2D eigenvalue weighted by atomic mass is 9.81. The van der Waals surface area contributed by atoms with Crippen molar-refractivity contribution in [3.05, 3.63) is 384 Å². The minimum atomic E-state index is -4.89. The lowest BCUT2D eigenvalue weighted by molar-refractivity contribution is -0.275. The molecule has 6 aromatic carbocycles. The molecule has 0 radical (unpaired) electrons. The van der Waals surface area contributed by atoms with Crippen LogP contribution in [0, 0.1) is 38.7 Å². The van der Waals surface area contributed by atoms with Crippen LogP contribution in [-0.4, -0.2) is 146 Å². The van der Waals surface area contributed by atoms with Crippen LogP contribution in [0.2, 0.25) is 15.1 Å². The van der Waals surface area contributed by atoms with Crippen LogP contribution < -0.4 is 4.74 Å². The van der Waals surface area contributed by atoms with Crippen molar-refractivity contribution in [2.45, 2.75) is 107 Å². The third-order valence-electron chi connectivity index (χ3n) is 23.2. The first-order valence-electron chi connectivity index (χ1n) is 44.5. The van der Waals surface area contributed by atoms with Crippen LogP contribution in [0.5, 0.6) is 5.75 Å². The normalized spacial score (nSPS) is 13.9. The summed E-state index contributed by atoms with van der Waals surface area (Å²) in [6.45, 7) is 24.1. The fraction of sp³-hybridized carbons (Fsp3) is 0.204. The number of halogens is 6. The molecule has 0 unspecified atom stereocenters. The van der Waals surface area contributed by atoms with E-state index in [2.05, 4.69) is 45.6 Å². The molecule has 0 aliphatic heterocycles. The van der Waals surface area contributed by atoms with Gasteiger partial charge in [0.15, 0.2) is 5.78 Å². The summed E-state index contributed by atoms with van der Waals surface area (Å²) in [4.78, 5) is 172. The molecule has 0 saturated heterocycles. The molecule has 6 aliphatic carbocycles. The Kier molecular flexibility index (Phi) is 32.8. The van der Waals surface area contributed by atoms with Gasteiger partial charge in [-0.2, -0.15) is 5.26 Å². The van der Waals surface area contributed by atoms with E-state index in [-0.39, 0.29) is 119 Å². The minimum absolute atomic E-state index is 0.00468. The molecule has 0 atom stereocenters. The highest BCUT2D eigenvalue weighted by Gasteiger charge is 2.42. The first-order chi connectivity index (χ1) is 67.7. The molecule has 33 heteroatoms. The maximum absolute atomic E-state index is 12.9. The molecular weight excluding hydrogens is 1880 g/mol. The molecule has 0 bridgehead atoms. The highest BCUT2D eigenvalue weighted by atomic mass is 35.5. The van der Waals surface area contributed by atoms with E-state index < -0.39 is 65.3 Å². The second kappa shape index (κ2) is 45.3. The summed E-state index contributed by atoms with van der Waals surface area (Å²) in [5.41, 5.74) is 17.4. The Morgan fingerprint density at radius 3 is 0.943 bits per heavy atom. The van der Waals surface area contributed by atoms with E-state index in [9.17, 15) is 76.0 Å². The molecule has 6 aliphatic rings. The highest BCUT2D eigenvalue weighted by Crippen LogP contribution is 2.44. The number of esters is 6. The highest BCUT2D eigenvalue weighted by molar-refractivity contribution is 6.37. The summed E-state index contributed by atoms with van der Waals surface area (Å²) in [6, 6.07) is 48.2. The van der Waals surface area contributed by atoms with Gasteiger partial charge in [0, 0.05) is 164 Å². The summed E-state index contributed by atoms with van der Waals surface area (Å²) in [5, 5.41) is 10.8. The average molecular weight is 1970 g/mol. The number of alkyl halides is 3. The van der Waals surface area contributed by atoms with Gasteiger partial charge in [0.25, 0.3) is 0 Å². The molecule has 6 heterocycles. The van der Waals surface area contributed by atoms with Crippen molar-refractivity contribution >= 4 is 144 Å².